The molecule has 1 aromatic rings. The molecular weight excluding hydrogens is 276 g/mol. The molecule has 0 spiro atoms. The van der Waals surface area contributed by atoms with Crippen molar-refractivity contribution in [3.63, 3.8) is 0 Å². The minimum Gasteiger partial charge on any atom is -0.378 e. The minimum absolute atomic E-state index is 0.143. The summed E-state index contributed by atoms with van der Waals surface area (Å²) in [6.07, 6.45) is 2.04. The van der Waals surface area contributed by atoms with Gasteiger partial charge in [0.15, 0.2) is 0 Å². The molecule has 0 bridgehead atoms. The second-order valence-electron chi connectivity index (χ2n) is 5.33. The molecule has 1 N–H and O–H groups in total. The molecule has 20 heavy (non-hydrogen) atoms. The molecule has 2 unspecified atom stereocenters. The zero-order valence-electron chi connectivity index (χ0n) is 11.3. The van der Waals surface area contributed by atoms with E-state index in [1.165, 1.54) is 0 Å². The molecule has 2 saturated heterocycles. The lowest BCUT2D eigenvalue weighted by Gasteiger charge is -2.31. The molecule has 4 nitrogen and oxygen atoms in total. The first-order valence-corrected chi connectivity index (χ1v) is 7.50. The van der Waals surface area contributed by atoms with Crippen molar-refractivity contribution >= 4 is 17.5 Å². The van der Waals surface area contributed by atoms with Gasteiger partial charge in [-0.25, -0.2) is 0 Å². The number of morpholine rings is 1. The Labute approximate surface area is 124 Å². The van der Waals surface area contributed by atoms with Crippen molar-refractivity contribution in [3.8, 4) is 0 Å². The van der Waals surface area contributed by atoms with Gasteiger partial charge in [0.05, 0.1) is 19.3 Å². The minimum atomic E-state index is -0.205. The van der Waals surface area contributed by atoms with E-state index in [1.54, 1.807) is 0 Å². The van der Waals surface area contributed by atoms with E-state index in [4.69, 9.17) is 16.3 Å². The van der Waals surface area contributed by atoms with Gasteiger partial charge in [0.25, 0.3) is 0 Å². The summed E-state index contributed by atoms with van der Waals surface area (Å²) in [6.45, 7) is 2.71. The highest BCUT2D eigenvalue weighted by Crippen LogP contribution is 2.33. The number of hydrogen-bond donors (Lipinski definition) is 1. The van der Waals surface area contributed by atoms with E-state index in [-0.39, 0.29) is 18.0 Å². The molecule has 0 radical (unpaired) electrons. The zero-order chi connectivity index (χ0) is 13.9. The van der Waals surface area contributed by atoms with Gasteiger partial charge >= 0.3 is 0 Å². The van der Waals surface area contributed by atoms with Crippen LogP contribution < -0.4 is 5.32 Å². The van der Waals surface area contributed by atoms with E-state index in [2.05, 4.69) is 5.32 Å². The molecule has 2 atom stereocenters. The van der Waals surface area contributed by atoms with Crippen molar-refractivity contribution in [2.45, 2.75) is 24.9 Å². The number of hydrogen-bond acceptors (Lipinski definition) is 3. The molecule has 2 aliphatic heterocycles. The number of nitrogens with one attached hydrogen (secondary N) is 1. The van der Waals surface area contributed by atoms with Crippen LogP contribution in [0.15, 0.2) is 24.3 Å². The third-order valence-corrected chi connectivity index (χ3v) is 4.22. The van der Waals surface area contributed by atoms with Crippen LogP contribution in [0.2, 0.25) is 5.02 Å². The Hall–Kier alpha value is -1.10. The van der Waals surface area contributed by atoms with Crippen molar-refractivity contribution in [2.24, 2.45) is 0 Å². The number of carbonyl (C=O) groups is 1. The summed E-state index contributed by atoms with van der Waals surface area (Å²) in [4.78, 5) is 14.6. The Kier molecular flexibility index (Phi) is 4.24. The maximum atomic E-state index is 12.6. The number of likely N-dealkylation sites (tertiary alicyclic amines) is 1. The molecule has 2 aliphatic rings. The van der Waals surface area contributed by atoms with Crippen LogP contribution in [-0.4, -0.2) is 43.2 Å². The van der Waals surface area contributed by atoms with Crippen molar-refractivity contribution < 1.29 is 9.53 Å². The van der Waals surface area contributed by atoms with Gasteiger partial charge in [-0.2, -0.15) is 0 Å². The summed E-state index contributed by atoms with van der Waals surface area (Å²) in [5.41, 5.74) is 1.13. The van der Waals surface area contributed by atoms with E-state index in [0.29, 0.717) is 13.2 Å². The van der Waals surface area contributed by atoms with Crippen molar-refractivity contribution in [1.82, 2.24) is 10.2 Å². The highest BCUT2D eigenvalue weighted by Gasteiger charge is 2.34. The fraction of sp³-hybridized carbons (Fsp3) is 0.533. The summed E-state index contributed by atoms with van der Waals surface area (Å²) in [6, 6.07) is 7.76. The Morgan fingerprint density at radius 1 is 1.45 bits per heavy atom. The molecule has 0 saturated carbocycles. The lowest BCUT2D eigenvalue weighted by atomic mass is 10.0. The maximum absolute atomic E-state index is 12.6. The molecule has 108 valence electrons. The molecule has 2 fully saturated rings. The first-order chi connectivity index (χ1) is 9.75. The maximum Gasteiger partial charge on any atom is 0.242 e. The Morgan fingerprint density at radius 2 is 2.35 bits per heavy atom. The number of rotatable bonds is 2. The summed E-state index contributed by atoms with van der Waals surface area (Å²) in [5.74, 6) is 0.146. The van der Waals surface area contributed by atoms with Gasteiger partial charge in [0.1, 0.15) is 6.04 Å². The number of nitrogens with zero attached hydrogens (tertiary/aromatic N) is 1. The molecule has 5 heteroatoms. The van der Waals surface area contributed by atoms with Gasteiger partial charge in [-0.1, -0.05) is 23.7 Å². The zero-order valence-corrected chi connectivity index (χ0v) is 12.1. The lowest BCUT2D eigenvalue weighted by molar-refractivity contribution is -0.137. The number of amides is 1. The second-order valence-corrected chi connectivity index (χ2v) is 5.76. The van der Waals surface area contributed by atoms with Crippen LogP contribution in [0, 0.1) is 0 Å². The van der Waals surface area contributed by atoms with Crippen molar-refractivity contribution in [1.29, 1.82) is 0 Å². The van der Waals surface area contributed by atoms with Crippen molar-refractivity contribution in [3.05, 3.63) is 34.9 Å². The fourth-order valence-electron chi connectivity index (χ4n) is 3.02. The summed E-state index contributed by atoms with van der Waals surface area (Å²) in [5, 5.41) is 3.96. The van der Waals surface area contributed by atoms with Gasteiger partial charge in [-0.05, 0) is 30.5 Å². The SMILES string of the molecule is O=C(C1COCCN1)N1CCCC1c1cccc(Cl)c1. The first-order valence-electron chi connectivity index (χ1n) is 7.13. The number of halogens is 1. The number of benzene rings is 1. The number of carbonyl (C=O) groups excluding carboxylic acids is 1. The average Bonchev–Trinajstić information content (AvgIpc) is 2.97. The van der Waals surface area contributed by atoms with Gasteiger partial charge in [-0.3, -0.25) is 4.79 Å². The van der Waals surface area contributed by atoms with E-state index >= 15 is 0 Å². The van der Waals surface area contributed by atoms with Gasteiger partial charge in [0.2, 0.25) is 5.91 Å². The van der Waals surface area contributed by atoms with Crippen LogP contribution in [0.25, 0.3) is 0 Å². The third kappa shape index (κ3) is 2.82. The summed E-state index contributed by atoms with van der Waals surface area (Å²) >= 11 is 6.06. The topological polar surface area (TPSA) is 41.6 Å². The van der Waals surface area contributed by atoms with E-state index in [0.717, 1.165) is 36.5 Å². The molecule has 0 aliphatic carbocycles. The number of ether oxygens (including phenoxy) is 1. The highest BCUT2D eigenvalue weighted by atomic mass is 35.5. The van der Waals surface area contributed by atoms with E-state index < -0.39 is 0 Å². The van der Waals surface area contributed by atoms with Gasteiger partial charge < -0.3 is 15.0 Å². The molecule has 1 aromatic carbocycles. The molecule has 1 amide bonds. The van der Waals surface area contributed by atoms with Gasteiger partial charge in [0, 0.05) is 18.1 Å². The Morgan fingerprint density at radius 3 is 3.10 bits per heavy atom. The van der Waals surface area contributed by atoms with E-state index in [9.17, 15) is 4.79 Å². The smallest absolute Gasteiger partial charge is 0.242 e. The predicted molar refractivity (Wildman–Crippen MR) is 77.7 cm³/mol. The molecular formula is C15H19ClN2O2. The van der Waals surface area contributed by atoms with Crippen LogP contribution >= 0.6 is 11.6 Å². The van der Waals surface area contributed by atoms with Crippen LogP contribution in [0.4, 0.5) is 0 Å². The quantitative estimate of drug-likeness (QED) is 0.907. The second kappa shape index (κ2) is 6.12. The molecule has 0 aromatic heterocycles. The predicted octanol–water partition coefficient (Wildman–Crippen LogP) is 1.99. The van der Waals surface area contributed by atoms with E-state index in [1.807, 2.05) is 29.2 Å². The van der Waals surface area contributed by atoms with Crippen molar-refractivity contribution in [2.75, 3.05) is 26.3 Å². The Balaban J connectivity index is 1.76. The highest BCUT2D eigenvalue weighted by molar-refractivity contribution is 6.30. The third-order valence-electron chi connectivity index (χ3n) is 3.99. The monoisotopic (exact) mass is 294 g/mol. The summed E-state index contributed by atoms with van der Waals surface area (Å²) in [7, 11) is 0. The van der Waals surface area contributed by atoms with Crippen LogP contribution in [0.3, 0.4) is 0 Å². The van der Waals surface area contributed by atoms with Crippen LogP contribution in [0.1, 0.15) is 24.4 Å². The fourth-order valence-corrected chi connectivity index (χ4v) is 3.21. The Bertz CT molecular complexity index is 489. The van der Waals surface area contributed by atoms with Crippen LogP contribution in [0.5, 0.6) is 0 Å². The molecule has 2 heterocycles. The first kappa shape index (κ1) is 13.9. The molecule has 3 rings (SSSR count). The standard InChI is InChI=1S/C15H19ClN2O2/c16-12-4-1-3-11(9-12)14-5-2-7-18(14)15(19)13-10-20-8-6-17-13/h1,3-4,9,13-14,17H,2,5-8,10H2. The van der Waals surface area contributed by atoms with Crippen LogP contribution in [-0.2, 0) is 9.53 Å². The normalized spacial score (nSPS) is 26.8. The summed E-state index contributed by atoms with van der Waals surface area (Å²) < 4.78 is 5.39. The van der Waals surface area contributed by atoms with Gasteiger partial charge in [-0.15, -0.1) is 0 Å². The largest absolute Gasteiger partial charge is 0.378 e. The average molecular weight is 295 g/mol. The lowest BCUT2D eigenvalue weighted by Crippen LogP contribution is -2.52.